The standard InChI is InChI=1S/C32H34FNO6/c1-19-12-20(8-11-28(19)33)26-16-25(39-40-31(37)22-13-21-6-4-5-7-29(21)34-18-22)17-32(2,3)27(26)10-9-24-14-23(35)15-30(36)38-24/h4-8,11-13,18,23-25,35H,9-10,14-17H2,1-3H3/t23-,24-,25?/m1/s1. The van der Waals surface area contributed by atoms with Crippen LogP contribution in [0.2, 0.25) is 0 Å². The van der Waals surface area contributed by atoms with E-state index in [-0.39, 0.29) is 29.7 Å². The number of benzene rings is 2. The number of rotatable bonds is 7. The van der Waals surface area contributed by atoms with E-state index in [4.69, 9.17) is 14.5 Å². The summed E-state index contributed by atoms with van der Waals surface area (Å²) in [7, 11) is 0. The Morgan fingerprint density at radius 1 is 1.18 bits per heavy atom. The monoisotopic (exact) mass is 547 g/mol. The van der Waals surface area contributed by atoms with Crippen molar-refractivity contribution in [1.29, 1.82) is 0 Å². The first-order valence-electron chi connectivity index (χ1n) is 13.7. The smallest absolute Gasteiger partial charge is 0.374 e. The lowest BCUT2D eigenvalue weighted by molar-refractivity contribution is -0.278. The van der Waals surface area contributed by atoms with E-state index < -0.39 is 18.2 Å². The number of ether oxygens (including phenoxy) is 1. The van der Waals surface area contributed by atoms with E-state index in [9.17, 15) is 19.1 Å². The van der Waals surface area contributed by atoms with Gasteiger partial charge in [-0.15, -0.1) is 0 Å². The Morgan fingerprint density at radius 2 is 1.98 bits per heavy atom. The number of hydrogen-bond donors (Lipinski definition) is 1. The molecule has 2 aliphatic rings. The van der Waals surface area contributed by atoms with Gasteiger partial charge in [-0.3, -0.25) is 14.7 Å². The summed E-state index contributed by atoms with van der Waals surface area (Å²) in [5.41, 5.74) is 4.28. The number of halogens is 1. The molecule has 7 nitrogen and oxygen atoms in total. The van der Waals surface area contributed by atoms with E-state index in [1.807, 2.05) is 30.3 Å². The summed E-state index contributed by atoms with van der Waals surface area (Å²) in [6.45, 7) is 5.93. The third kappa shape index (κ3) is 6.24. The second-order valence-electron chi connectivity index (χ2n) is 11.5. The number of carbonyl (C=O) groups excluding carboxylic acids is 2. The van der Waals surface area contributed by atoms with Crippen LogP contribution in [0.5, 0.6) is 0 Å². The highest BCUT2D eigenvalue weighted by atomic mass is 19.1. The minimum absolute atomic E-state index is 0.0256. The van der Waals surface area contributed by atoms with Crippen LogP contribution in [0.25, 0.3) is 16.5 Å². The summed E-state index contributed by atoms with van der Waals surface area (Å²) in [4.78, 5) is 40.0. The zero-order valence-corrected chi connectivity index (χ0v) is 23.0. The molecule has 210 valence electrons. The molecule has 3 aromatic rings. The van der Waals surface area contributed by atoms with E-state index in [2.05, 4.69) is 18.8 Å². The largest absolute Gasteiger partial charge is 0.462 e. The molecule has 2 heterocycles. The Hall–Kier alpha value is -3.62. The molecule has 0 bridgehead atoms. The van der Waals surface area contributed by atoms with Crippen molar-refractivity contribution in [2.24, 2.45) is 5.41 Å². The van der Waals surface area contributed by atoms with Crippen LogP contribution in [0, 0.1) is 18.2 Å². The number of aryl methyl sites for hydroxylation is 1. The van der Waals surface area contributed by atoms with Crippen LogP contribution < -0.4 is 0 Å². The summed E-state index contributed by atoms with van der Waals surface area (Å²) in [6, 6.07) is 14.3. The average molecular weight is 548 g/mol. The van der Waals surface area contributed by atoms with Gasteiger partial charge in [0.15, 0.2) is 0 Å². The van der Waals surface area contributed by atoms with Gasteiger partial charge in [0.25, 0.3) is 0 Å². The van der Waals surface area contributed by atoms with Gasteiger partial charge in [-0.05, 0) is 72.6 Å². The molecule has 2 aromatic carbocycles. The molecule has 1 unspecified atom stereocenters. The summed E-state index contributed by atoms with van der Waals surface area (Å²) >= 11 is 0. The Bertz CT molecular complexity index is 1460. The highest BCUT2D eigenvalue weighted by Crippen LogP contribution is 2.47. The van der Waals surface area contributed by atoms with Crippen molar-refractivity contribution in [1.82, 2.24) is 4.98 Å². The number of esters is 1. The molecule has 8 heteroatoms. The molecule has 1 fully saturated rings. The molecule has 0 radical (unpaired) electrons. The maximum Gasteiger partial charge on any atom is 0.374 e. The lowest BCUT2D eigenvalue weighted by atomic mass is 9.68. The van der Waals surface area contributed by atoms with E-state index in [0.717, 1.165) is 27.6 Å². The quantitative estimate of drug-likeness (QED) is 0.212. The van der Waals surface area contributed by atoms with Gasteiger partial charge in [0.05, 0.1) is 23.6 Å². The fourth-order valence-electron chi connectivity index (χ4n) is 5.89. The molecule has 3 atom stereocenters. The number of carbonyl (C=O) groups is 2. The lowest BCUT2D eigenvalue weighted by Crippen LogP contribution is -2.34. The minimum atomic E-state index is -0.691. The zero-order valence-electron chi connectivity index (χ0n) is 23.0. The molecule has 1 saturated heterocycles. The summed E-state index contributed by atoms with van der Waals surface area (Å²) in [6.07, 6.45) is 2.68. The third-order valence-electron chi connectivity index (χ3n) is 7.90. The van der Waals surface area contributed by atoms with Crippen molar-refractivity contribution >= 4 is 28.4 Å². The van der Waals surface area contributed by atoms with Crippen LogP contribution in [-0.2, 0) is 19.3 Å². The lowest BCUT2D eigenvalue weighted by Gasteiger charge is -2.39. The Balaban J connectivity index is 1.36. The summed E-state index contributed by atoms with van der Waals surface area (Å²) in [5, 5.41) is 10.9. The molecule has 40 heavy (non-hydrogen) atoms. The van der Waals surface area contributed by atoms with E-state index in [0.29, 0.717) is 43.2 Å². The number of aromatic nitrogens is 1. The van der Waals surface area contributed by atoms with Crippen LogP contribution in [-0.4, -0.2) is 40.3 Å². The maximum atomic E-state index is 14.1. The maximum absolute atomic E-state index is 14.1. The van der Waals surface area contributed by atoms with Crippen LogP contribution in [0.3, 0.4) is 0 Å². The fourth-order valence-corrected chi connectivity index (χ4v) is 5.89. The van der Waals surface area contributed by atoms with Gasteiger partial charge in [-0.1, -0.05) is 43.7 Å². The number of pyridine rings is 1. The van der Waals surface area contributed by atoms with Crippen molar-refractivity contribution in [2.45, 2.75) is 77.6 Å². The number of aliphatic hydroxyl groups is 1. The number of aliphatic hydroxyl groups excluding tert-OH is 1. The topological polar surface area (TPSA) is 95.0 Å². The van der Waals surface area contributed by atoms with Gasteiger partial charge < -0.3 is 9.84 Å². The molecular formula is C32H34FNO6. The van der Waals surface area contributed by atoms with Crippen molar-refractivity contribution in [2.75, 3.05) is 0 Å². The highest BCUT2D eigenvalue weighted by Gasteiger charge is 2.38. The van der Waals surface area contributed by atoms with Gasteiger partial charge in [0, 0.05) is 24.4 Å². The van der Waals surface area contributed by atoms with E-state index >= 15 is 0 Å². The van der Waals surface area contributed by atoms with Crippen molar-refractivity contribution in [3.8, 4) is 0 Å². The van der Waals surface area contributed by atoms with Crippen molar-refractivity contribution in [3.63, 3.8) is 0 Å². The highest BCUT2D eigenvalue weighted by molar-refractivity contribution is 5.93. The van der Waals surface area contributed by atoms with Crippen LogP contribution in [0.4, 0.5) is 4.39 Å². The van der Waals surface area contributed by atoms with Gasteiger partial charge in [-0.25, -0.2) is 9.18 Å². The van der Waals surface area contributed by atoms with Gasteiger partial charge >= 0.3 is 11.9 Å². The first-order valence-corrected chi connectivity index (χ1v) is 13.7. The number of para-hydroxylation sites is 1. The molecule has 0 saturated carbocycles. The molecular weight excluding hydrogens is 513 g/mol. The molecule has 5 rings (SSSR count). The Morgan fingerprint density at radius 3 is 2.75 bits per heavy atom. The van der Waals surface area contributed by atoms with Crippen LogP contribution >= 0.6 is 0 Å². The summed E-state index contributed by atoms with van der Waals surface area (Å²) < 4.78 is 19.6. The SMILES string of the molecule is Cc1cc(C2=C(CC[C@@H]3C[C@@H](O)CC(=O)O3)C(C)(C)CC(OOC(=O)c3cnc4ccccc4c3)C2)ccc1F. The second-order valence-corrected chi connectivity index (χ2v) is 11.5. The normalized spacial score (nSPS) is 22.7. The van der Waals surface area contributed by atoms with Gasteiger partial charge in [0.1, 0.15) is 18.0 Å². The first-order chi connectivity index (χ1) is 19.1. The summed E-state index contributed by atoms with van der Waals surface area (Å²) in [5.74, 6) is -1.29. The fraction of sp³-hybridized carbons (Fsp3) is 0.406. The molecule has 1 aliphatic heterocycles. The van der Waals surface area contributed by atoms with Gasteiger partial charge in [-0.2, -0.15) is 4.89 Å². The number of hydrogen-bond acceptors (Lipinski definition) is 7. The number of nitrogens with zero attached hydrogens (tertiary/aromatic N) is 1. The first kappa shape index (κ1) is 27.9. The average Bonchev–Trinajstić information content (AvgIpc) is 2.91. The van der Waals surface area contributed by atoms with Crippen LogP contribution in [0.1, 0.15) is 73.9 Å². The molecule has 1 aliphatic carbocycles. The third-order valence-corrected chi connectivity index (χ3v) is 7.90. The number of cyclic esters (lactones) is 1. The van der Waals surface area contributed by atoms with E-state index in [1.165, 1.54) is 12.3 Å². The Kier molecular flexibility index (Phi) is 8.01. The van der Waals surface area contributed by atoms with E-state index in [1.54, 1.807) is 19.1 Å². The van der Waals surface area contributed by atoms with Crippen molar-refractivity contribution < 1.29 is 33.6 Å². The van der Waals surface area contributed by atoms with Crippen LogP contribution in [0.15, 0.2) is 60.3 Å². The zero-order chi connectivity index (χ0) is 28.4. The second kappa shape index (κ2) is 11.5. The predicted octanol–water partition coefficient (Wildman–Crippen LogP) is 6.26. The molecule has 0 spiro atoms. The number of allylic oxidation sites excluding steroid dienone is 1. The Labute approximate surface area is 232 Å². The number of fused-ring (bicyclic) bond motifs is 1. The van der Waals surface area contributed by atoms with Crippen molar-refractivity contribution in [3.05, 3.63) is 82.8 Å². The predicted molar refractivity (Wildman–Crippen MR) is 147 cm³/mol. The minimum Gasteiger partial charge on any atom is -0.462 e. The molecule has 0 amide bonds. The van der Waals surface area contributed by atoms with Gasteiger partial charge in [0.2, 0.25) is 0 Å². The molecule has 1 aromatic heterocycles. The molecule has 1 N–H and O–H groups in total.